The molecule has 98 valence electrons. The molecule has 0 aliphatic carbocycles. The van der Waals surface area contributed by atoms with Gasteiger partial charge < -0.3 is 10.4 Å². The number of anilines is 1. The molecule has 0 bridgehead atoms. The minimum Gasteiger partial charge on any atom is -0.507 e. The largest absolute Gasteiger partial charge is 0.507 e. The van der Waals surface area contributed by atoms with Crippen molar-refractivity contribution in [2.75, 3.05) is 5.32 Å². The van der Waals surface area contributed by atoms with E-state index in [1.165, 1.54) is 0 Å². The van der Waals surface area contributed by atoms with Crippen molar-refractivity contribution in [2.24, 2.45) is 0 Å². The molecule has 0 unspecified atom stereocenters. The maximum absolute atomic E-state index is 12.1. The number of nitrogens with one attached hydrogen (secondary N) is 1. The molecule has 2 N–H and O–H groups in total. The van der Waals surface area contributed by atoms with E-state index in [0.717, 1.165) is 10.8 Å². The first-order chi connectivity index (χ1) is 10.3. The van der Waals surface area contributed by atoms with E-state index in [9.17, 15) is 4.79 Å². The van der Waals surface area contributed by atoms with Crippen molar-refractivity contribution in [3.63, 3.8) is 0 Å². The van der Waals surface area contributed by atoms with Gasteiger partial charge in [-0.05, 0) is 41.8 Å². The molecule has 0 atom stereocenters. The second kappa shape index (κ2) is 5.05. The lowest BCUT2D eigenvalue weighted by Gasteiger charge is -2.07. The number of benzene rings is 3. The van der Waals surface area contributed by atoms with Gasteiger partial charge in [-0.25, -0.2) is 0 Å². The minimum absolute atomic E-state index is 0.150. The molecular weight excluding hydrogens is 250 g/mol. The molecule has 0 spiro atoms. The molecule has 0 aliphatic rings. The van der Waals surface area contributed by atoms with Gasteiger partial charge in [0.2, 0.25) is 0 Å². The normalized spacial score (nSPS) is 10.9. The Kier molecular flexibility index (Phi) is 2.79. The van der Waals surface area contributed by atoms with Crippen LogP contribution in [0.4, 0.5) is 5.69 Å². The van der Waals surface area contributed by atoms with Gasteiger partial charge in [0.15, 0.2) is 0 Å². The first-order valence-corrected chi connectivity index (χ1v) is 6.30. The maximum Gasteiger partial charge on any atom is 0.293 e. The maximum atomic E-state index is 12.1. The zero-order valence-corrected chi connectivity index (χ0v) is 10.7. The highest BCUT2D eigenvalue weighted by Crippen LogP contribution is 2.26. The molecule has 0 aromatic heterocycles. The van der Waals surface area contributed by atoms with Crippen LogP contribution in [0.5, 0.6) is 5.75 Å². The molecule has 0 radical (unpaired) electrons. The van der Waals surface area contributed by atoms with Crippen molar-refractivity contribution in [3.05, 3.63) is 72.3 Å². The van der Waals surface area contributed by atoms with Crippen molar-refractivity contribution in [2.45, 2.75) is 0 Å². The van der Waals surface area contributed by atoms with Gasteiger partial charge in [-0.2, -0.15) is 0 Å². The summed E-state index contributed by atoms with van der Waals surface area (Å²) >= 11 is 0. The standard InChI is InChI=1S/C17H13NO2/c19-16-8-4-7-13-11-14(9-10-15(13)16)18-17(20)12-5-2-1-3-6-12/h1-11,19H,(H,18,20)/i/hD. The van der Waals surface area contributed by atoms with E-state index in [1.807, 2.05) is 42.5 Å². The quantitative estimate of drug-likeness (QED) is 0.756. The summed E-state index contributed by atoms with van der Waals surface area (Å²) in [4.78, 5) is 12.1. The van der Waals surface area contributed by atoms with Crippen LogP contribution in [-0.4, -0.2) is 12.4 Å². The van der Waals surface area contributed by atoms with E-state index >= 15 is 0 Å². The summed E-state index contributed by atoms with van der Waals surface area (Å²) in [7, 11) is 0. The Labute approximate surface area is 118 Å². The Balaban J connectivity index is 1.90. The molecule has 20 heavy (non-hydrogen) atoms. The van der Waals surface area contributed by atoms with Gasteiger partial charge in [-0.15, -0.1) is 0 Å². The Morgan fingerprint density at radius 1 is 1.00 bits per heavy atom. The van der Waals surface area contributed by atoms with Crippen LogP contribution < -0.4 is 5.32 Å². The van der Waals surface area contributed by atoms with Gasteiger partial charge in [0.25, 0.3) is 7.34 Å². The predicted molar refractivity (Wildman–Crippen MR) is 80.0 cm³/mol. The van der Waals surface area contributed by atoms with E-state index in [2.05, 4.69) is 10.4 Å². The molecule has 3 rings (SSSR count). The highest BCUT2D eigenvalue weighted by molar-refractivity contribution is 6.05. The van der Waals surface area contributed by atoms with Crippen molar-refractivity contribution in [1.29, 1.82) is 1.43 Å². The molecule has 3 nitrogen and oxygen atoms in total. The van der Waals surface area contributed by atoms with E-state index in [4.69, 9.17) is 1.43 Å². The SMILES string of the molecule is [2H]Oc1cccc2cc(NC(=O)c3ccccc3)ccc12. The number of carbonyl (C=O) groups excluding carboxylic acids is 1. The molecule has 3 aromatic rings. The number of phenolic OH excluding ortho intramolecular Hbond substituents is 1. The smallest absolute Gasteiger partial charge is 0.293 e. The van der Waals surface area contributed by atoms with Crippen molar-refractivity contribution >= 4 is 22.4 Å². The Morgan fingerprint density at radius 3 is 2.65 bits per heavy atom. The molecule has 0 heterocycles. The van der Waals surface area contributed by atoms with Crippen LogP contribution in [0.15, 0.2) is 66.7 Å². The summed E-state index contributed by atoms with van der Waals surface area (Å²) in [5.74, 6) is 0.344. The second-order valence-electron chi connectivity index (χ2n) is 4.51. The second-order valence-corrected chi connectivity index (χ2v) is 4.51. The third kappa shape index (κ3) is 2.34. The molecule has 1 amide bonds. The monoisotopic (exact) mass is 264 g/mol. The third-order valence-electron chi connectivity index (χ3n) is 3.13. The summed E-state index contributed by atoms with van der Waals surface area (Å²) in [5.41, 5.74) is 1.32. The van der Waals surface area contributed by atoms with E-state index in [0.29, 0.717) is 17.0 Å². The summed E-state index contributed by atoms with van der Waals surface area (Å²) in [6, 6.07) is 20.0. The number of carbonyl (C=O) groups is 1. The molecule has 0 fully saturated rings. The van der Waals surface area contributed by atoms with Crippen molar-refractivity contribution in [3.8, 4) is 5.75 Å². The van der Waals surface area contributed by atoms with E-state index in [1.54, 1.807) is 24.3 Å². The molecule has 0 aliphatic heterocycles. The number of amides is 1. The lowest BCUT2D eigenvalue weighted by Crippen LogP contribution is -2.11. The predicted octanol–water partition coefficient (Wildman–Crippen LogP) is 3.80. The Bertz CT molecular complexity index is 787. The van der Waals surface area contributed by atoms with E-state index in [-0.39, 0.29) is 5.91 Å². The first-order valence-electron chi connectivity index (χ1n) is 6.71. The topological polar surface area (TPSA) is 49.3 Å². The van der Waals surface area contributed by atoms with Crippen LogP contribution in [0, 0.1) is 0 Å². The van der Waals surface area contributed by atoms with Crippen LogP contribution in [-0.2, 0) is 0 Å². The Morgan fingerprint density at radius 2 is 1.85 bits per heavy atom. The van der Waals surface area contributed by atoms with Crippen LogP contribution in [0.3, 0.4) is 0 Å². The highest BCUT2D eigenvalue weighted by atomic mass is 16.3. The van der Waals surface area contributed by atoms with Crippen LogP contribution in [0.25, 0.3) is 10.8 Å². The summed E-state index contributed by atoms with van der Waals surface area (Å²) in [6.07, 6.45) is 0. The number of hydrogen-bond acceptors (Lipinski definition) is 2. The zero-order chi connectivity index (χ0) is 14.7. The minimum atomic E-state index is -0.150. The van der Waals surface area contributed by atoms with Gasteiger partial charge in [0.1, 0.15) is 5.75 Å². The fourth-order valence-electron chi connectivity index (χ4n) is 2.12. The van der Waals surface area contributed by atoms with Gasteiger partial charge in [-0.1, -0.05) is 30.3 Å². The van der Waals surface area contributed by atoms with Crippen molar-refractivity contribution in [1.82, 2.24) is 0 Å². The molecule has 0 saturated heterocycles. The summed E-state index contributed by atoms with van der Waals surface area (Å²) in [6.45, 7) is 0. The number of rotatable bonds is 3. The first kappa shape index (κ1) is 11.1. The third-order valence-corrected chi connectivity index (χ3v) is 3.13. The van der Waals surface area contributed by atoms with Gasteiger partial charge in [-0.3, -0.25) is 4.79 Å². The van der Waals surface area contributed by atoms with Gasteiger partial charge in [0, 0.05) is 16.6 Å². The molecule has 0 saturated carbocycles. The number of hydrogen-bond donors (Lipinski definition) is 2. The summed E-state index contributed by atoms with van der Waals surface area (Å²) in [5, 5.41) is 9.19. The number of fused-ring (bicyclic) bond motifs is 1. The summed E-state index contributed by atoms with van der Waals surface area (Å²) < 4.78 is 7.04. The van der Waals surface area contributed by atoms with Crippen LogP contribution in [0.2, 0.25) is 0 Å². The molecule has 3 aromatic carbocycles. The fourth-order valence-corrected chi connectivity index (χ4v) is 2.12. The van der Waals surface area contributed by atoms with Crippen LogP contribution >= 0.6 is 0 Å². The van der Waals surface area contributed by atoms with Gasteiger partial charge >= 0.3 is 0 Å². The lowest BCUT2D eigenvalue weighted by molar-refractivity contribution is 0.102. The molecule has 3 heteroatoms. The van der Waals surface area contributed by atoms with Gasteiger partial charge in [0.05, 0.1) is 0 Å². The molecular formula is C17H13NO2. The van der Waals surface area contributed by atoms with E-state index < -0.39 is 0 Å². The highest BCUT2D eigenvalue weighted by Gasteiger charge is 2.06. The number of aromatic hydroxyl groups is 1. The number of phenols is 1. The zero-order valence-electron chi connectivity index (χ0n) is 11.7. The van der Waals surface area contributed by atoms with Crippen LogP contribution in [0.1, 0.15) is 10.4 Å². The fraction of sp³-hybridized carbons (Fsp3) is 0. The van der Waals surface area contributed by atoms with Crippen molar-refractivity contribution < 1.29 is 9.90 Å². The average molecular weight is 264 g/mol. The average Bonchev–Trinajstić information content (AvgIpc) is 2.54. The lowest BCUT2D eigenvalue weighted by atomic mass is 10.1. The Hall–Kier alpha value is -2.81.